The zero-order chi connectivity index (χ0) is 11.6. The molecule has 1 saturated carbocycles. The maximum Gasteiger partial charge on any atom is 0.144 e. The Bertz CT molecular complexity index is 430. The number of nitrogens with zero attached hydrogens (tertiary/aromatic N) is 1. The highest BCUT2D eigenvalue weighted by Gasteiger charge is 2.31. The van der Waals surface area contributed by atoms with E-state index < -0.39 is 5.82 Å². The fourth-order valence-corrected chi connectivity index (χ4v) is 2.19. The Balaban J connectivity index is 2.28. The molecule has 0 aromatic heterocycles. The van der Waals surface area contributed by atoms with Crippen molar-refractivity contribution < 1.29 is 9.13 Å². The Kier molecular flexibility index (Phi) is 2.82. The fourth-order valence-electron chi connectivity index (χ4n) is 2.19. The number of rotatable bonds is 2. The van der Waals surface area contributed by atoms with Crippen molar-refractivity contribution in [2.24, 2.45) is 0 Å². The predicted octanol–water partition coefficient (Wildman–Crippen LogP) is 3.41. The Morgan fingerprint density at radius 1 is 1.38 bits per heavy atom. The first kappa shape index (κ1) is 10.9. The first-order chi connectivity index (χ1) is 7.64. The maximum atomic E-state index is 13.3. The number of nitriles is 1. The average Bonchev–Trinajstić information content (AvgIpc) is 2.65. The number of ether oxygens (including phenoxy) is 1. The Morgan fingerprint density at radius 2 is 2.06 bits per heavy atom. The summed E-state index contributed by atoms with van der Waals surface area (Å²) in [5.74, 6) is -0.145. The summed E-state index contributed by atoms with van der Waals surface area (Å²) < 4.78 is 19.1. The van der Waals surface area contributed by atoms with Gasteiger partial charge in [-0.15, -0.1) is 0 Å². The molecule has 2 rings (SSSR count). The molecule has 0 spiro atoms. The van der Waals surface area contributed by atoms with Crippen molar-refractivity contribution in [2.75, 3.05) is 0 Å². The summed E-state index contributed by atoms with van der Waals surface area (Å²) in [6, 6.07) is 6.37. The lowest BCUT2D eigenvalue weighted by molar-refractivity contribution is 0.0960. The minimum Gasteiger partial charge on any atom is -0.486 e. The zero-order valence-electron chi connectivity index (χ0n) is 9.29. The van der Waals surface area contributed by atoms with Gasteiger partial charge in [0.05, 0.1) is 0 Å². The molecule has 0 N–H and O–H groups in total. The van der Waals surface area contributed by atoms with Crippen LogP contribution in [0.15, 0.2) is 18.2 Å². The van der Waals surface area contributed by atoms with E-state index in [1.54, 1.807) is 12.1 Å². The molecule has 0 atom stereocenters. The third-order valence-electron chi connectivity index (χ3n) is 3.10. The van der Waals surface area contributed by atoms with Crippen molar-refractivity contribution >= 4 is 0 Å². The molecule has 0 bridgehead atoms. The lowest BCUT2D eigenvalue weighted by Gasteiger charge is -2.26. The molecule has 1 aromatic rings. The summed E-state index contributed by atoms with van der Waals surface area (Å²) in [6.45, 7) is 2.02. The summed E-state index contributed by atoms with van der Waals surface area (Å²) in [6.07, 6.45) is 4.20. The van der Waals surface area contributed by atoms with Crippen LogP contribution in [0.2, 0.25) is 0 Å². The minimum atomic E-state index is -0.512. The molecule has 0 saturated heterocycles. The van der Waals surface area contributed by atoms with E-state index in [9.17, 15) is 4.39 Å². The van der Waals surface area contributed by atoms with Gasteiger partial charge in [0.25, 0.3) is 0 Å². The van der Waals surface area contributed by atoms with Gasteiger partial charge < -0.3 is 4.74 Å². The van der Waals surface area contributed by atoms with E-state index in [1.807, 2.05) is 13.0 Å². The molecule has 1 aliphatic carbocycles. The van der Waals surface area contributed by atoms with Crippen LogP contribution >= 0.6 is 0 Å². The zero-order valence-corrected chi connectivity index (χ0v) is 9.29. The van der Waals surface area contributed by atoms with E-state index in [2.05, 4.69) is 0 Å². The van der Waals surface area contributed by atoms with Crippen molar-refractivity contribution in [3.63, 3.8) is 0 Å². The molecule has 0 heterocycles. The van der Waals surface area contributed by atoms with E-state index in [0.29, 0.717) is 5.75 Å². The second-order valence-corrected chi connectivity index (χ2v) is 4.48. The van der Waals surface area contributed by atoms with Gasteiger partial charge in [0.15, 0.2) is 0 Å². The van der Waals surface area contributed by atoms with E-state index in [-0.39, 0.29) is 11.2 Å². The van der Waals surface area contributed by atoms with Crippen LogP contribution in [-0.4, -0.2) is 5.60 Å². The normalized spacial score (nSPS) is 18.1. The molecule has 0 amide bonds. The van der Waals surface area contributed by atoms with Crippen LogP contribution in [-0.2, 0) is 0 Å². The first-order valence-electron chi connectivity index (χ1n) is 5.52. The van der Waals surface area contributed by atoms with Crippen LogP contribution in [0.3, 0.4) is 0 Å². The highest BCUT2D eigenvalue weighted by molar-refractivity contribution is 5.44. The maximum absolute atomic E-state index is 13.3. The Hall–Kier alpha value is -1.56. The minimum absolute atomic E-state index is 0.00984. The van der Waals surface area contributed by atoms with Crippen molar-refractivity contribution in [1.82, 2.24) is 0 Å². The van der Waals surface area contributed by atoms with E-state index >= 15 is 0 Å². The van der Waals surface area contributed by atoms with E-state index in [0.717, 1.165) is 25.7 Å². The number of hydrogen-bond donors (Lipinski definition) is 0. The van der Waals surface area contributed by atoms with Gasteiger partial charge in [-0.25, -0.2) is 4.39 Å². The molecule has 1 fully saturated rings. The second-order valence-electron chi connectivity index (χ2n) is 4.48. The summed E-state index contributed by atoms with van der Waals surface area (Å²) in [5, 5.41) is 8.89. The van der Waals surface area contributed by atoms with Crippen molar-refractivity contribution in [3.8, 4) is 11.8 Å². The lowest BCUT2D eigenvalue weighted by Crippen LogP contribution is -2.28. The number of halogens is 1. The van der Waals surface area contributed by atoms with Gasteiger partial charge in [-0.1, -0.05) is 6.07 Å². The van der Waals surface area contributed by atoms with Gasteiger partial charge in [-0.3, -0.25) is 0 Å². The molecule has 0 unspecified atom stereocenters. The molecule has 1 aromatic carbocycles. The smallest absolute Gasteiger partial charge is 0.144 e. The Morgan fingerprint density at radius 3 is 2.69 bits per heavy atom. The summed E-state index contributed by atoms with van der Waals surface area (Å²) in [4.78, 5) is 0. The lowest BCUT2D eigenvalue weighted by atomic mass is 10.1. The van der Waals surface area contributed by atoms with Crippen LogP contribution in [0.1, 0.15) is 38.2 Å². The van der Waals surface area contributed by atoms with Crippen LogP contribution < -0.4 is 4.74 Å². The van der Waals surface area contributed by atoms with Crippen LogP contribution in [0.4, 0.5) is 4.39 Å². The Labute approximate surface area is 94.7 Å². The largest absolute Gasteiger partial charge is 0.486 e. The molecule has 3 heteroatoms. The summed E-state index contributed by atoms with van der Waals surface area (Å²) >= 11 is 0. The van der Waals surface area contributed by atoms with Crippen molar-refractivity contribution in [3.05, 3.63) is 29.6 Å². The molecule has 84 valence electrons. The summed E-state index contributed by atoms with van der Waals surface area (Å²) in [5.41, 5.74) is -0.227. The number of hydrogen-bond acceptors (Lipinski definition) is 2. The molecule has 16 heavy (non-hydrogen) atoms. The third-order valence-corrected chi connectivity index (χ3v) is 3.10. The van der Waals surface area contributed by atoms with E-state index in [1.165, 1.54) is 6.07 Å². The van der Waals surface area contributed by atoms with Gasteiger partial charge in [-0.05, 0) is 44.7 Å². The molecule has 2 nitrogen and oxygen atoms in total. The van der Waals surface area contributed by atoms with Crippen LogP contribution in [0.25, 0.3) is 0 Å². The van der Waals surface area contributed by atoms with Gasteiger partial charge >= 0.3 is 0 Å². The highest BCUT2D eigenvalue weighted by atomic mass is 19.1. The monoisotopic (exact) mass is 219 g/mol. The second kappa shape index (κ2) is 4.13. The molecule has 1 aliphatic rings. The van der Waals surface area contributed by atoms with Gasteiger partial charge in [0, 0.05) is 0 Å². The topological polar surface area (TPSA) is 33.0 Å². The number of benzene rings is 1. The van der Waals surface area contributed by atoms with Crippen LogP contribution in [0, 0.1) is 17.1 Å². The van der Waals surface area contributed by atoms with Crippen molar-refractivity contribution in [2.45, 2.75) is 38.2 Å². The summed E-state index contributed by atoms with van der Waals surface area (Å²) in [7, 11) is 0. The highest BCUT2D eigenvalue weighted by Crippen LogP contribution is 2.35. The molecular formula is C13H14FNO. The van der Waals surface area contributed by atoms with E-state index in [4.69, 9.17) is 10.00 Å². The predicted molar refractivity (Wildman–Crippen MR) is 58.6 cm³/mol. The molecule has 0 aliphatic heterocycles. The van der Waals surface area contributed by atoms with Gasteiger partial charge in [0.2, 0.25) is 0 Å². The molecule has 0 radical (unpaired) electrons. The van der Waals surface area contributed by atoms with Crippen molar-refractivity contribution in [1.29, 1.82) is 5.26 Å². The SMILES string of the molecule is CC1(Oc2cccc(F)c2C#N)CCCC1. The fraction of sp³-hybridized carbons (Fsp3) is 0.462. The average molecular weight is 219 g/mol. The first-order valence-corrected chi connectivity index (χ1v) is 5.52. The third kappa shape index (κ3) is 2.01. The molecular weight excluding hydrogens is 205 g/mol. The van der Waals surface area contributed by atoms with Gasteiger partial charge in [0.1, 0.15) is 28.8 Å². The standard InChI is InChI=1S/C13H14FNO/c1-13(7-2-3-8-13)16-12-6-4-5-11(14)10(12)9-15/h4-6H,2-3,7-8H2,1H3. The quantitative estimate of drug-likeness (QED) is 0.763. The van der Waals surface area contributed by atoms with Gasteiger partial charge in [-0.2, -0.15) is 5.26 Å². The van der Waals surface area contributed by atoms with Crippen LogP contribution in [0.5, 0.6) is 5.75 Å².